The number of carbonyl (C=O) groups excluding carboxylic acids is 1. The van der Waals surface area contributed by atoms with E-state index in [2.05, 4.69) is 26.2 Å². The minimum Gasteiger partial charge on any atom is -0.444 e. The largest absolute Gasteiger partial charge is 0.444 e. The summed E-state index contributed by atoms with van der Waals surface area (Å²) in [6.45, 7) is 7.77. The maximum absolute atomic E-state index is 11.9. The number of hydrogen-bond acceptors (Lipinski definition) is 4. The first kappa shape index (κ1) is 15.3. The van der Waals surface area contributed by atoms with E-state index in [4.69, 9.17) is 4.74 Å². The molecule has 0 N–H and O–H groups in total. The molecule has 118 valence electrons. The molecule has 1 aliphatic rings. The van der Waals surface area contributed by atoms with Gasteiger partial charge in [-0.25, -0.2) is 9.48 Å². The summed E-state index contributed by atoms with van der Waals surface area (Å²) in [5.41, 5.74) is 1.42. The monoisotopic (exact) mass is 366 g/mol. The van der Waals surface area contributed by atoms with Crippen molar-refractivity contribution in [1.82, 2.24) is 19.9 Å². The van der Waals surface area contributed by atoms with Gasteiger partial charge >= 0.3 is 6.09 Å². The molecule has 0 unspecified atom stereocenters. The van der Waals surface area contributed by atoms with E-state index in [1.165, 1.54) is 0 Å². The van der Waals surface area contributed by atoms with Gasteiger partial charge in [-0.15, -0.1) is 5.10 Å². The molecular weight excluding hydrogens is 348 g/mol. The van der Waals surface area contributed by atoms with E-state index in [1.807, 2.05) is 43.7 Å². The molecule has 1 amide bonds. The number of ether oxygens (including phenoxy) is 1. The molecule has 1 aromatic carbocycles. The number of hydrogen-bond donors (Lipinski definition) is 0. The highest BCUT2D eigenvalue weighted by atomic mass is 79.9. The predicted octanol–water partition coefficient (Wildman–Crippen LogP) is 3.06. The van der Waals surface area contributed by atoms with Crippen LogP contribution >= 0.6 is 15.9 Å². The van der Waals surface area contributed by atoms with Crippen molar-refractivity contribution in [2.24, 2.45) is 5.92 Å². The SMILES string of the molecule is CC(C)(C)OC(=O)N1CC(Cn2nnc3cccc(Br)c32)C1. The number of fused-ring (bicyclic) bond motifs is 1. The van der Waals surface area contributed by atoms with Gasteiger partial charge in [0.2, 0.25) is 0 Å². The maximum atomic E-state index is 11.9. The lowest BCUT2D eigenvalue weighted by Crippen LogP contribution is -2.52. The van der Waals surface area contributed by atoms with Crippen molar-refractivity contribution in [2.75, 3.05) is 13.1 Å². The second kappa shape index (κ2) is 5.53. The van der Waals surface area contributed by atoms with Gasteiger partial charge in [-0.1, -0.05) is 11.3 Å². The van der Waals surface area contributed by atoms with Crippen LogP contribution in [0.15, 0.2) is 22.7 Å². The number of rotatable bonds is 2. The number of halogens is 1. The van der Waals surface area contributed by atoms with E-state index in [-0.39, 0.29) is 6.09 Å². The fourth-order valence-electron chi connectivity index (χ4n) is 2.52. The number of carbonyl (C=O) groups is 1. The first-order valence-corrected chi connectivity index (χ1v) is 8.08. The summed E-state index contributed by atoms with van der Waals surface area (Å²) in [4.78, 5) is 13.6. The van der Waals surface area contributed by atoms with E-state index < -0.39 is 5.60 Å². The molecule has 0 spiro atoms. The molecule has 0 bridgehead atoms. The fraction of sp³-hybridized carbons (Fsp3) is 0.533. The van der Waals surface area contributed by atoms with E-state index in [9.17, 15) is 4.79 Å². The van der Waals surface area contributed by atoms with Gasteiger partial charge in [-0.2, -0.15) is 0 Å². The third kappa shape index (κ3) is 3.09. The number of nitrogens with zero attached hydrogens (tertiary/aromatic N) is 4. The standard InChI is InChI=1S/C15H19BrN4O2/c1-15(2,3)22-14(21)19-7-10(8-19)9-20-13-11(16)5-4-6-12(13)17-18-20/h4-6,10H,7-9H2,1-3H3. The highest BCUT2D eigenvalue weighted by Crippen LogP contribution is 2.25. The molecule has 7 heteroatoms. The molecule has 0 atom stereocenters. The van der Waals surface area contributed by atoms with Crippen LogP contribution in [0.1, 0.15) is 20.8 Å². The van der Waals surface area contributed by atoms with Crippen molar-refractivity contribution in [3.05, 3.63) is 22.7 Å². The molecule has 0 saturated carbocycles. The van der Waals surface area contributed by atoms with Gasteiger partial charge in [0, 0.05) is 30.0 Å². The molecule has 1 aromatic heterocycles. The first-order valence-electron chi connectivity index (χ1n) is 7.29. The minimum absolute atomic E-state index is 0.242. The normalized spacial score (nSPS) is 15.9. The molecule has 0 radical (unpaired) electrons. The lowest BCUT2D eigenvalue weighted by atomic mass is 10.0. The molecule has 1 aliphatic heterocycles. The van der Waals surface area contributed by atoms with Crippen LogP contribution in [-0.2, 0) is 11.3 Å². The zero-order valence-electron chi connectivity index (χ0n) is 12.9. The Morgan fingerprint density at radius 1 is 1.41 bits per heavy atom. The van der Waals surface area contributed by atoms with Crippen molar-refractivity contribution >= 4 is 33.1 Å². The van der Waals surface area contributed by atoms with Crippen LogP contribution in [-0.4, -0.2) is 44.7 Å². The summed E-state index contributed by atoms with van der Waals surface area (Å²) in [5.74, 6) is 0.379. The van der Waals surface area contributed by atoms with E-state index in [1.54, 1.807) is 4.90 Å². The molecule has 2 heterocycles. The molecular formula is C15H19BrN4O2. The van der Waals surface area contributed by atoms with Crippen molar-refractivity contribution in [3.8, 4) is 0 Å². The Hall–Kier alpha value is -1.63. The highest BCUT2D eigenvalue weighted by Gasteiger charge is 2.34. The smallest absolute Gasteiger partial charge is 0.410 e. The number of para-hydroxylation sites is 1. The number of benzene rings is 1. The second-order valence-corrected chi connectivity index (χ2v) is 7.48. The van der Waals surface area contributed by atoms with Crippen LogP contribution in [0.3, 0.4) is 0 Å². The molecule has 22 heavy (non-hydrogen) atoms. The van der Waals surface area contributed by atoms with E-state index >= 15 is 0 Å². The average molecular weight is 367 g/mol. The van der Waals surface area contributed by atoms with Crippen LogP contribution < -0.4 is 0 Å². The minimum atomic E-state index is -0.449. The number of likely N-dealkylation sites (tertiary alicyclic amines) is 1. The fourth-order valence-corrected chi connectivity index (χ4v) is 3.08. The predicted molar refractivity (Wildman–Crippen MR) is 86.5 cm³/mol. The summed E-state index contributed by atoms with van der Waals surface area (Å²) in [6.07, 6.45) is -0.242. The number of amides is 1. The van der Waals surface area contributed by atoms with Crippen molar-refractivity contribution in [1.29, 1.82) is 0 Å². The molecule has 3 rings (SSSR count). The van der Waals surface area contributed by atoms with Crippen LogP contribution in [0.2, 0.25) is 0 Å². The third-order valence-corrected chi connectivity index (χ3v) is 4.16. The Balaban J connectivity index is 1.61. The molecule has 2 aromatic rings. The Labute approximate surface area is 137 Å². The quantitative estimate of drug-likeness (QED) is 0.819. The van der Waals surface area contributed by atoms with Crippen molar-refractivity contribution < 1.29 is 9.53 Å². The lowest BCUT2D eigenvalue weighted by Gasteiger charge is -2.39. The third-order valence-electron chi connectivity index (χ3n) is 3.52. The first-order chi connectivity index (χ1) is 10.3. The molecule has 1 saturated heterocycles. The van der Waals surface area contributed by atoms with Crippen LogP contribution in [0.4, 0.5) is 4.79 Å². The van der Waals surface area contributed by atoms with E-state index in [0.717, 1.165) is 22.1 Å². The zero-order chi connectivity index (χ0) is 15.9. The van der Waals surface area contributed by atoms with Gasteiger partial charge in [0.25, 0.3) is 0 Å². The van der Waals surface area contributed by atoms with Gasteiger partial charge in [0.15, 0.2) is 0 Å². The lowest BCUT2D eigenvalue weighted by molar-refractivity contribution is -0.00371. The highest BCUT2D eigenvalue weighted by molar-refractivity contribution is 9.10. The summed E-state index contributed by atoms with van der Waals surface area (Å²) in [7, 11) is 0. The van der Waals surface area contributed by atoms with Gasteiger partial charge in [-0.05, 0) is 48.8 Å². The summed E-state index contributed by atoms with van der Waals surface area (Å²) in [6, 6.07) is 5.87. The Kier molecular flexibility index (Phi) is 3.84. The van der Waals surface area contributed by atoms with Gasteiger partial charge < -0.3 is 9.64 Å². The molecule has 6 nitrogen and oxygen atoms in total. The second-order valence-electron chi connectivity index (χ2n) is 6.63. The average Bonchev–Trinajstić information content (AvgIpc) is 2.75. The van der Waals surface area contributed by atoms with Gasteiger partial charge in [0.1, 0.15) is 16.6 Å². The Morgan fingerprint density at radius 3 is 2.82 bits per heavy atom. The van der Waals surface area contributed by atoms with Crippen molar-refractivity contribution in [2.45, 2.75) is 32.9 Å². The topological polar surface area (TPSA) is 60.2 Å². The summed E-state index contributed by atoms with van der Waals surface area (Å²) >= 11 is 3.54. The Bertz CT molecular complexity index is 701. The number of aromatic nitrogens is 3. The van der Waals surface area contributed by atoms with Crippen LogP contribution in [0.5, 0.6) is 0 Å². The molecule has 0 aliphatic carbocycles. The van der Waals surface area contributed by atoms with Gasteiger partial charge in [0.05, 0.1) is 0 Å². The van der Waals surface area contributed by atoms with Crippen LogP contribution in [0, 0.1) is 5.92 Å². The zero-order valence-corrected chi connectivity index (χ0v) is 14.5. The van der Waals surface area contributed by atoms with Crippen molar-refractivity contribution in [3.63, 3.8) is 0 Å². The van der Waals surface area contributed by atoms with E-state index in [0.29, 0.717) is 19.0 Å². The summed E-state index contributed by atoms with van der Waals surface area (Å²) < 4.78 is 8.24. The Morgan fingerprint density at radius 2 is 2.14 bits per heavy atom. The van der Waals surface area contributed by atoms with Gasteiger partial charge in [-0.3, -0.25) is 0 Å². The van der Waals surface area contributed by atoms with Crippen LogP contribution in [0.25, 0.3) is 11.0 Å². The maximum Gasteiger partial charge on any atom is 0.410 e. The summed E-state index contributed by atoms with van der Waals surface area (Å²) in [5, 5.41) is 8.38. The molecule has 1 fully saturated rings.